The van der Waals surface area contributed by atoms with Gasteiger partial charge in [0, 0.05) is 37.2 Å². The third kappa shape index (κ3) is 5.68. The fraction of sp³-hybridized carbons (Fsp3) is 0.0169. The molecule has 0 atom stereocenters. The van der Waals surface area contributed by atoms with Crippen LogP contribution in [0.1, 0.15) is 22.3 Å². The molecule has 1 aliphatic rings. The van der Waals surface area contributed by atoms with Gasteiger partial charge in [-0.2, -0.15) is 0 Å². The van der Waals surface area contributed by atoms with Crippen LogP contribution in [0.25, 0.3) is 64.3 Å². The average Bonchev–Trinajstić information content (AvgIpc) is 3.86. The van der Waals surface area contributed by atoms with Crippen LogP contribution in [0.3, 0.4) is 0 Å². The molecule has 0 saturated carbocycles. The smallest absolute Gasteiger partial charge is 0.0714 e. The standard InChI is InChI=1S/C59H39NS/c1-3-18-45(19-4-1)59(46-20-5-2-6-21-46)55-27-11-9-23-51(55)52-36-35-49(39-56(52)59)60(48-22-13-17-43(38-48)44-30-29-40-15-7-8-16-42(40)37-44)47-33-31-41(32-34-47)50-25-14-26-54-53-24-10-12-28-57(53)61-58(50)54/h1-39H. The third-order valence-corrected chi connectivity index (χ3v) is 13.9. The monoisotopic (exact) mass is 793 g/mol. The number of thiophene rings is 1. The molecule has 1 heterocycles. The van der Waals surface area contributed by atoms with Crippen LogP contribution in [0.15, 0.2) is 237 Å². The minimum absolute atomic E-state index is 0.504. The summed E-state index contributed by atoms with van der Waals surface area (Å²) in [5.74, 6) is 0. The predicted octanol–water partition coefficient (Wildman–Crippen LogP) is 16.4. The van der Waals surface area contributed by atoms with Gasteiger partial charge in [0.05, 0.1) is 5.41 Å². The molecule has 1 nitrogen and oxygen atoms in total. The Morgan fingerprint density at radius 1 is 0.328 bits per heavy atom. The summed E-state index contributed by atoms with van der Waals surface area (Å²) in [5, 5.41) is 5.12. The number of rotatable bonds is 7. The molecule has 1 aromatic heterocycles. The van der Waals surface area contributed by atoms with Crippen LogP contribution in [0.2, 0.25) is 0 Å². The lowest BCUT2D eigenvalue weighted by atomic mass is 9.67. The minimum atomic E-state index is -0.504. The highest BCUT2D eigenvalue weighted by Crippen LogP contribution is 2.57. The van der Waals surface area contributed by atoms with Crippen molar-refractivity contribution in [1.82, 2.24) is 0 Å². The first kappa shape index (κ1) is 35.4. The number of fused-ring (bicyclic) bond motifs is 7. The highest BCUT2D eigenvalue weighted by atomic mass is 32.1. The van der Waals surface area contributed by atoms with Crippen molar-refractivity contribution in [2.75, 3.05) is 4.90 Å². The first-order valence-corrected chi connectivity index (χ1v) is 21.8. The largest absolute Gasteiger partial charge is 0.310 e. The SMILES string of the molecule is c1ccc(C2(c3ccccc3)c3ccccc3-c3ccc(N(c4ccc(-c5cccc6c5sc5ccccc56)cc4)c4cccc(-c5ccc6ccccc6c5)c4)cc32)cc1. The van der Waals surface area contributed by atoms with E-state index in [0.29, 0.717) is 0 Å². The summed E-state index contributed by atoms with van der Waals surface area (Å²) in [6.45, 7) is 0. The molecule has 1 aliphatic carbocycles. The summed E-state index contributed by atoms with van der Waals surface area (Å²) in [6.07, 6.45) is 0. The molecular weight excluding hydrogens is 755 g/mol. The van der Waals surface area contributed by atoms with E-state index in [2.05, 4.69) is 241 Å². The molecule has 0 N–H and O–H groups in total. The van der Waals surface area contributed by atoms with E-state index in [9.17, 15) is 0 Å². The Labute approximate surface area is 360 Å². The molecule has 0 spiro atoms. The van der Waals surface area contributed by atoms with Gasteiger partial charge in [-0.05, 0) is 115 Å². The predicted molar refractivity (Wildman–Crippen MR) is 260 cm³/mol. The molecule has 0 aliphatic heterocycles. The molecule has 0 bridgehead atoms. The van der Waals surface area contributed by atoms with Gasteiger partial charge in [0.1, 0.15) is 0 Å². The molecule has 12 rings (SSSR count). The Morgan fingerprint density at radius 3 is 1.74 bits per heavy atom. The Kier molecular flexibility index (Phi) is 8.33. The van der Waals surface area contributed by atoms with Gasteiger partial charge in [0.15, 0.2) is 0 Å². The Hall–Kier alpha value is -7.52. The van der Waals surface area contributed by atoms with Crippen LogP contribution in [-0.2, 0) is 5.41 Å². The molecule has 2 heteroatoms. The lowest BCUT2D eigenvalue weighted by Gasteiger charge is -2.35. The lowest BCUT2D eigenvalue weighted by molar-refractivity contribution is 0.768. The van der Waals surface area contributed by atoms with Crippen LogP contribution < -0.4 is 4.90 Å². The molecular formula is C59H39NS. The van der Waals surface area contributed by atoms with Gasteiger partial charge >= 0.3 is 0 Å². The van der Waals surface area contributed by atoms with Gasteiger partial charge in [0.25, 0.3) is 0 Å². The van der Waals surface area contributed by atoms with Crippen molar-refractivity contribution in [3.8, 4) is 33.4 Å². The number of nitrogens with zero attached hydrogens (tertiary/aromatic N) is 1. The van der Waals surface area contributed by atoms with Crippen molar-refractivity contribution in [2.45, 2.75) is 5.41 Å². The number of hydrogen-bond donors (Lipinski definition) is 0. The van der Waals surface area contributed by atoms with Gasteiger partial charge in [-0.15, -0.1) is 11.3 Å². The van der Waals surface area contributed by atoms with Gasteiger partial charge in [-0.1, -0.05) is 188 Å². The normalized spacial score (nSPS) is 12.7. The van der Waals surface area contributed by atoms with E-state index < -0.39 is 5.41 Å². The first-order valence-electron chi connectivity index (χ1n) is 21.0. The van der Waals surface area contributed by atoms with Gasteiger partial charge < -0.3 is 4.90 Å². The number of hydrogen-bond acceptors (Lipinski definition) is 2. The second kappa shape index (κ2) is 14.3. The highest BCUT2D eigenvalue weighted by Gasteiger charge is 2.46. The van der Waals surface area contributed by atoms with Gasteiger partial charge in [0.2, 0.25) is 0 Å². The molecule has 0 fully saturated rings. The molecule has 0 unspecified atom stereocenters. The number of benzene rings is 10. The van der Waals surface area contributed by atoms with Crippen LogP contribution in [0, 0.1) is 0 Å². The lowest BCUT2D eigenvalue weighted by Crippen LogP contribution is -2.28. The van der Waals surface area contributed by atoms with E-state index in [-0.39, 0.29) is 0 Å². The van der Waals surface area contributed by atoms with Crippen LogP contribution in [0.4, 0.5) is 17.1 Å². The zero-order chi connectivity index (χ0) is 40.3. The van der Waals surface area contributed by atoms with Crippen LogP contribution >= 0.6 is 11.3 Å². The van der Waals surface area contributed by atoms with Gasteiger partial charge in [-0.25, -0.2) is 0 Å². The average molecular weight is 794 g/mol. The highest BCUT2D eigenvalue weighted by molar-refractivity contribution is 7.26. The molecule has 11 aromatic rings. The van der Waals surface area contributed by atoms with Crippen LogP contribution in [0.5, 0.6) is 0 Å². The third-order valence-electron chi connectivity index (χ3n) is 12.7. The topological polar surface area (TPSA) is 3.24 Å². The van der Waals surface area contributed by atoms with Gasteiger partial charge in [-0.3, -0.25) is 0 Å². The zero-order valence-corrected chi connectivity index (χ0v) is 34.2. The molecule has 61 heavy (non-hydrogen) atoms. The summed E-state index contributed by atoms with van der Waals surface area (Å²) in [7, 11) is 0. The molecule has 10 aromatic carbocycles. The van der Waals surface area contributed by atoms with E-state index in [1.54, 1.807) is 0 Å². The number of anilines is 3. The minimum Gasteiger partial charge on any atom is -0.310 e. The maximum absolute atomic E-state index is 2.46. The fourth-order valence-corrected chi connectivity index (χ4v) is 11.2. The van der Waals surface area contributed by atoms with E-state index >= 15 is 0 Å². The summed E-state index contributed by atoms with van der Waals surface area (Å²) in [5.41, 5.74) is 15.3. The molecule has 0 radical (unpaired) electrons. The fourth-order valence-electron chi connectivity index (χ4n) is 9.98. The Morgan fingerprint density at radius 2 is 0.918 bits per heavy atom. The van der Waals surface area contributed by atoms with Crippen molar-refractivity contribution in [1.29, 1.82) is 0 Å². The van der Waals surface area contributed by atoms with E-state index in [1.165, 1.54) is 86.6 Å². The van der Waals surface area contributed by atoms with Crippen molar-refractivity contribution in [3.05, 3.63) is 259 Å². The van der Waals surface area contributed by atoms with Crippen molar-refractivity contribution in [2.24, 2.45) is 0 Å². The summed E-state index contributed by atoms with van der Waals surface area (Å²) < 4.78 is 2.65. The van der Waals surface area contributed by atoms with E-state index in [0.717, 1.165) is 17.1 Å². The maximum Gasteiger partial charge on any atom is 0.0714 e. The van der Waals surface area contributed by atoms with Crippen molar-refractivity contribution >= 4 is 59.3 Å². The zero-order valence-electron chi connectivity index (χ0n) is 33.4. The van der Waals surface area contributed by atoms with Crippen molar-refractivity contribution in [3.63, 3.8) is 0 Å². The second-order valence-corrected chi connectivity index (χ2v) is 17.1. The quantitative estimate of drug-likeness (QED) is 0.155. The first-order chi connectivity index (χ1) is 30.2. The van der Waals surface area contributed by atoms with E-state index in [4.69, 9.17) is 0 Å². The van der Waals surface area contributed by atoms with Crippen LogP contribution in [-0.4, -0.2) is 0 Å². The Balaban J connectivity index is 1.06. The second-order valence-electron chi connectivity index (χ2n) is 16.0. The maximum atomic E-state index is 2.46. The molecule has 286 valence electrons. The molecule has 0 amide bonds. The van der Waals surface area contributed by atoms with E-state index in [1.807, 2.05) is 11.3 Å². The molecule has 0 saturated heterocycles. The van der Waals surface area contributed by atoms with Crippen molar-refractivity contribution < 1.29 is 0 Å². The summed E-state index contributed by atoms with van der Waals surface area (Å²) in [6, 6.07) is 87.3. The summed E-state index contributed by atoms with van der Waals surface area (Å²) in [4.78, 5) is 2.44. The Bertz CT molecular complexity index is 3380. The summed E-state index contributed by atoms with van der Waals surface area (Å²) >= 11 is 1.88.